The summed E-state index contributed by atoms with van der Waals surface area (Å²) in [5, 5.41) is 16.2. The molecule has 1 heterocycles. The van der Waals surface area contributed by atoms with Gasteiger partial charge in [0, 0.05) is 0 Å². The number of carboxylic acid groups (broad SMARTS) is 1. The normalized spacial score (nSPS) is 8.50. The van der Waals surface area contributed by atoms with Gasteiger partial charge in [0.05, 0.1) is 0 Å². The number of hydrogen-bond acceptors (Lipinski definition) is 5. The summed E-state index contributed by atoms with van der Waals surface area (Å²) in [5.74, 6) is -1.35. The summed E-state index contributed by atoms with van der Waals surface area (Å²) < 4.78 is 0.106. The van der Waals surface area contributed by atoms with E-state index in [1.165, 1.54) is 0 Å². The Bertz CT molecular complexity index is 240. The molecule has 48 valence electrons. The van der Waals surface area contributed by atoms with Gasteiger partial charge < -0.3 is 9.90 Å². The van der Waals surface area contributed by atoms with E-state index in [0.717, 1.165) is 11.3 Å². The largest absolute Gasteiger partial charge is 1.00 e. The number of carbonyl (C=O) groups is 1. The maximum Gasteiger partial charge on any atom is 1.00 e. The second-order valence-corrected chi connectivity index (χ2v) is 2.71. The van der Waals surface area contributed by atoms with Crippen molar-refractivity contribution in [3.05, 3.63) is 9.47 Å². The Morgan fingerprint density at radius 2 is 2.20 bits per heavy atom. The second-order valence-electron chi connectivity index (χ2n) is 1.15. The van der Waals surface area contributed by atoms with E-state index in [1.807, 2.05) is 0 Å². The van der Waals surface area contributed by atoms with Crippen molar-refractivity contribution in [2.75, 3.05) is 0 Å². The number of hydrogen-bond donors (Lipinski definition) is 0. The summed E-state index contributed by atoms with van der Waals surface area (Å²) in [7, 11) is 0. The van der Waals surface area contributed by atoms with Gasteiger partial charge in [0.1, 0.15) is 5.97 Å². The van der Waals surface area contributed by atoms with Crippen molar-refractivity contribution in [3.63, 3.8) is 0 Å². The predicted molar refractivity (Wildman–Crippen MR) is 29.2 cm³/mol. The molecule has 0 aliphatic rings. The fourth-order valence-electron chi connectivity index (χ4n) is 0.288. The fourth-order valence-corrected chi connectivity index (χ4v) is 0.951. The van der Waals surface area contributed by atoms with Crippen LogP contribution in [0, 0.1) is 0 Å². The molecule has 0 amide bonds. The first-order valence-corrected chi connectivity index (χ1v) is 3.10. The maximum atomic E-state index is 9.95. The molecule has 0 bridgehead atoms. The molecule has 0 aliphatic carbocycles. The van der Waals surface area contributed by atoms with E-state index in [0.29, 0.717) is 0 Å². The van der Waals surface area contributed by atoms with Crippen molar-refractivity contribution < 1.29 is 61.3 Å². The van der Waals surface area contributed by atoms with E-state index in [9.17, 15) is 9.90 Å². The number of aromatic nitrogens is 2. The molecule has 0 saturated carbocycles. The molecule has 1 aromatic heterocycles. The number of halogens is 1. The van der Waals surface area contributed by atoms with Crippen molar-refractivity contribution in [1.29, 1.82) is 0 Å². The first-order valence-electron chi connectivity index (χ1n) is 1.90. The Morgan fingerprint density at radius 1 is 1.60 bits per heavy atom. The van der Waals surface area contributed by atoms with Crippen LogP contribution in [0.5, 0.6) is 0 Å². The molecule has 0 N–H and O–H groups in total. The number of carboxylic acids is 1. The van der Waals surface area contributed by atoms with E-state index >= 15 is 0 Å². The molecule has 0 saturated heterocycles. The van der Waals surface area contributed by atoms with Gasteiger partial charge >= 0.3 is 51.4 Å². The molecule has 1 aromatic rings. The summed E-state index contributed by atoms with van der Waals surface area (Å²) in [4.78, 5) is 9.95. The molecule has 0 spiro atoms. The standard InChI is InChI=1S/C3HClN2O2S.K/c4-3-6-5-1(9-3)2(7)8;/h(H,7,8);/q;+1/p-1. The minimum atomic E-state index is -1.35. The van der Waals surface area contributed by atoms with Crippen LogP contribution in [0.4, 0.5) is 0 Å². The summed E-state index contributed by atoms with van der Waals surface area (Å²) in [5.41, 5.74) is 0. The van der Waals surface area contributed by atoms with Gasteiger partial charge in [0.15, 0.2) is 5.01 Å². The number of carbonyl (C=O) groups excluding carboxylic acids is 1. The van der Waals surface area contributed by atoms with Gasteiger partial charge in [-0.05, 0) is 11.6 Å². The number of aromatic carboxylic acids is 1. The van der Waals surface area contributed by atoms with Crippen LogP contribution in [-0.2, 0) is 0 Å². The van der Waals surface area contributed by atoms with Gasteiger partial charge in [-0.2, -0.15) is 0 Å². The monoisotopic (exact) mass is 202 g/mol. The van der Waals surface area contributed by atoms with E-state index in [4.69, 9.17) is 11.6 Å². The van der Waals surface area contributed by atoms with Crippen molar-refractivity contribution in [2.45, 2.75) is 0 Å². The third-order valence-corrected chi connectivity index (χ3v) is 1.57. The fraction of sp³-hybridized carbons (Fsp3) is 0. The van der Waals surface area contributed by atoms with Crippen LogP contribution >= 0.6 is 22.9 Å². The summed E-state index contributed by atoms with van der Waals surface area (Å²) in [6.45, 7) is 0. The van der Waals surface area contributed by atoms with Crippen LogP contribution in [0.2, 0.25) is 4.47 Å². The van der Waals surface area contributed by atoms with Gasteiger partial charge in [-0.3, -0.25) is 0 Å². The van der Waals surface area contributed by atoms with Gasteiger partial charge in [0.25, 0.3) is 0 Å². The average molecular weight is 203 g/mol. The quantitative estimate of drug-likeness (QED) is 0.445. The van der Waals surface area contributed by atoms with Gasteiger partial charge in [-0.25, -0.2) is 0 Å². The Labute approximate surface area is 108 Å². The molecular weight excluding hydrogens is 203 g/mol. The van der Waals surface area contributed by atoms with Crippen molar-refractivity contribution in [3.8, 4) is 0 Å². The average Bonchev–Trinajstić information content (AvgIpc) is 2.14. The Kier molecular flexibility index (Phi) is 5.21. The molecule has 1 rings (SSSR count). The van der Waals surface area contributed by atoms with Crippen LogP contribution in [0.25, 0.3) is 0 Å². The Hall–Kier alpha value is 0.956. The van der Waals surface area contributed by atoms with Crippen LogP contribution in [-0.4, -0.2) is 16.2 Å². The SMILES string of the molecule is O=C([O-])c1nnc(Cl)s1.[K+]. The molecule has 0 unspecified atom stereocenters. The van der Waals surface area contributed by atoms with Crippen LogP contribution in [0.3, 0.4) is 0 Å². The van der Waals surface area contributed by atoms with Crippen LogP contribution in [0.1, 0.15) is 9.80 Å². The maximum absolute atomic E-state index is 9.95. The third-order valence-electron chi connectivity index (χ3n) is 0.575. The zero-order chi connectivity index (χ0) is 6.85. The van der Waals surface area contributed by atoms with Crippen LogP contribution < -0.4 is 56.5 Å². The van der Waals surface area contributed by atoms with E-state index in [1.54, 1.807) is 0 Å². The minimum absolute atomic E-state index is 0. The molecule has 7 heteroatoms. The minimum Gasteiger partial charge on any atom is -0.542 e. The second kappa shape index (κ2) is 4.76. The molecule has 0 fully saturated rings. The summed E-state index contributed by atoms with van der Waals surface area (Å²) >= 11 is 6.04. The smallest absolute Gasteiger partial charge is 0.542 e. The Morgan fingerprint density at radius 3 is 2.40 bits per heavy atom. The van der Waals surface area contributed by atoms with Crippen LogP contribution in [0.15, 0.2) is 0 Å². The zero-order valence-electron chi connectivity index (χ0n) is 5.00. The van der Waals surface area contributed by atoms with Crippen molar-refractivity contribution in [1.82, 2.24) is 10.2 Å². The molecule has 0 radical (unpaired) electrons. The van der Waals surface area contributed by atoms with Gasteiger partial charge in [0.2, 0.25) is 4.47 Å². The van der Waals surface area contributed by atoms with Gasteiger partial charge in [-0.15, -0.1) is 10.2 Å². The van der Waals surface area contributed by atoms with E-state index < -0.39 is 5.97 Å². The molecule has 4 nitrogen and oxygen atoms in total. The van der Waals surface area contributed by atoms with E-state index in [-0.39, 0.29) is 60.9 Å². The summed E-state index contributed by atoms with van der Waals surface area (Å²) in [6.07, 6.45) is 0. The molecule has 0 aliphatic heterocycles. The van der Waals surface area contributed by atoms with Crippen molar-refractivity contribution >= 4 is 28.9 Å². The number of nitrogens with zero attached hydrogens (tertiary/aromatic N) is 2. The third kappa shape index (κ3) is 2.91. The molecule has 0 aromatic carbocycles. The Balaban J connectivity index is 0.000000810. The van der Waals surface area contributed by atoms with Crippen molar-refractivity contribution in [2.24, 2.45) is 0 Å². The summed E-state index contributed by atoms with van der Waals surface area (Å²) in [6, 6.07) is 0. The first-order chi connectivity index (χ1) is 4.20. The zero-order valence-corrected chi connectivity index (χ0v) is 9.69. The van der Waals surface area contributed by atoms with E-state index in [2.05, 4.69) is 10.2 Å². The topological polar surface area (TPSA) is 65.9 Å². The van der Waals surface area contributed by atoms with Gasteiger partial charge in [-0.1, -0.05) is 11.3 Å². The first kappa shape index (κ1) is 11.0. The predicted octanol–water partition coefficient (Wildman–Crippen LogP) is -3.44. The number of rotatable bonds is 1. The molecule has 10 heavy (non-hydrogen) atoms. The molecular formula is C3ClKN2O2S. The molecule has 0 atom stereocenters.